The van der Waals surface area contributed by atoms with Crippen LogP contribution in [0.4, 0.5) is 0 Å². The molecule has 1 fully saturated rings. The standard InChI is InChI=1S/C10H18O2.Ca.2H/c1-2-6-10(11)12-9-7-4-3-5-8-9;;;/h9H,2-8H2,1H3;;;/q;+2;2*-1. The van der Waals surface area contributed by atoms with E-state index in [-0.39, 0.29) is 52.7 Å². The predicted octanol–water partition coefficient (Wildman–Crippen LogP) is 2.51. The molecule has 0 N–H and O–H groups in total. The van der Waals surface area contributed by atoms with Crippen molar-refractivity contribution in [2.45, 2.75) is 58.0 Å². The Labute approximate surface area is 113 Å². The molecular formula is C10H20CaO2. The van der Waals surface area contributed by atoms with Gasteiger partial charge in [-0.2, -0.15) is 0 Å². The zero-order chi connectivity index (χ0) is 8.81. The van der Waals surface area contributed by atoms with Crippen molar-refractivity contribution in [3.63, 3.8) is 0 Å². The van der Waals surface area contributed by atoms with E-state index in [0.29, 0.717) is 6.42 Å². The van der Waals surface area contributed by atoms with Gasteiger partial charge in [0.25, 0.3) is 0 Å². The number of carbonyl (C=O) groups excluding carboxylic acids is 1. The molecule has 1 saturated carbocycles. The number of carbonyl (C=O) groups is 1. The van der Waals surface area contributed by atoms with Crippen molar-refractivity contribution in [2.75, 3.05) is 0 Å². The minimum absolute atomic E-state index is 0. The summed E-state index contributed by atoms with van der Waals surface area (Å²) in [5.74, 6) is -0.00981. The van der Waals surface area contributed by atoms with E-state index < -0.39 is 0 Å². The van der Waals surface area contributed by atoms with Gasteiger partial charge in [-0.15, -0.1) is 0 Å². The topological polar surface area (TPSA) is 26.3 Å². The van der Waals surface area contributed by atoms with E-state index in [1.807, 2.05) is 6.92 Å². The van der Waals surface area contributed by atoms with Crippen molar-refractivity contribution < 1.29 is 12.4 Å². The van der Waals surface area contributed by atoms with E-state index in [1.54, 1.807) is 0 Å². The number of rotatable bonds is 3. The monoisotopic (exact) mass is 212 g/mol. The molecule has 0 aliphatic heterocycles. The average molecular weight is 212 g/mol. The molecule has 0 saturated heterocycles. The van der Waals surface area contributed by atoms with Gasteiger partial charge in [0.15, 0.2) is 0 Å². The zero-order valence-corrected chi connectivity index (χ0v) is 10.8. The van der Waals surface area contributed by atoms with Crippen LogP contribution in [0.5, 0.6) is 0 Å². The van der Waals surface area contributed by atoms with E-state index in [4.69, 9.17) is 4.74 Å². The molecule has 1 aliphatic carbocycles. The van der Waals surface area contributed by atoms with Gasteiger partial charge in [-0.05, 0) is 32.1 Å². The maximum atomic E-state index is 11.1. The van der Waals surface area contributed by atoms with Crippen molar-refractivity contribution in [3.05, 3.63) is 0 Å². The smallest absolute Gasteiger partial charge is 1.00 e. The fourth-order valence-corrected chi connectivity index (χ4v) is 1.63. The largest absolute Gasteiger partial charge is 2.00 e. The Balaban J connectivity index is -0.000000480. The van der Waals surface area contributed by atoms with Crippen LogP contribution in [0.25, 0.3) is 0 Å². The molecule has 0 unspecified atom stereocenters. The Morgan fingerprint density at radius 3 is 2.54 bits per heavy atom. The van der Waals surface area contributed by atoms with Crippen molar-refractivity contribution in [2.24, 2.45) is 0 Å². The molecule has 0 aromatic heterocycles. The third-order valence-corrected chi connectivity index (χ3v) is 2.30. The third-order valence-electron chi connectivity index (χ3n) is 2.30. The first kappa shape index (κ1) is 13.7. The maximum Gasteiger partial charge on any atom is 2.00 e. The number of esters is 1. The van der Waals surface area contributed by atoms with Crippen LogP contribution >= 0.6 is 0 Å². The first-order chi connectivity index (χ1) is 5.83. The molecule has 3 heteroatoms. The molecule has 2 nitrogen and oxygen atoms in total. The van der Waals surface area contributed by atoms with Gasteiger partial charge in [0.2, 0.25) is 0 Å². The second-order valence-electron chi connectivity index (χ2n) is 3.50. The second-order valence-corrected chi connectivity index (χ2v) is 3.50. The molecule has 0 radical (unpaired) electrons. The molecule has 1 rings (SSSR count). The van der Waals surface area contributed by atoms with E-state index in [0.717, 1.165) is 19.3 Å². The molecule has 0 heterocycles. The minimum Gasteiger partial charge on any atom is -1.00 e. The Morgan fingerprint density at radius 1 is 1.38 bits per heavy atom. The molecule has 0 amide bonds. The normalized spacial score (nSPS) is 17.6. The molecule has 13 heavy (non-hydrogen) atoms. The summed E-state index contributed by atoms with van der Waals surface area (Å²) >= 11 is 0. The van der Waals surface area contributed by atoms with Crippen LogP contribution < -0.4 is 0 Å². The summed E-state index contributed by atoms with van der Waals surface area (Å²) in [7, 11) is 0. The molecule has 0 bridgehead atoms. The van der Waals surface area contributed by atoms with Crippen molar-refractivity contribution in [1.29, 1.82) is 0 Å². The van der Waals surface area contributed by atoms with Crippen LogP contribution in [0.15, 0.2) is 0 Å². The van der Waals surface area contributed by atoms with Crippen LogP contribution in [0.2, 0.25) is 0 Å². The summed E-state index contributed by atoms with van der Waals surface area (Å²) in [5.41, 5.74) is 0. The van der Waals surface area contributed by atoms with Crippen LogP contribution in [-0.4, -0.2) is 49.8 Å². The van der Waals surface area contributed by atoms with Crippen molar-refractivity contribution in [3.8, 4) is 0 Å². The second kappa shape index (κ2) is 8.07. The first-order valence-electron chi connectivity index (χ1n) is 5.02. The van der Waals surface area contributed by atoms with E-state index in [9.17, 15) is 4.79 Å². The molecule has 1 aliphatic rings. The molecule has 0 spiro atoms. The average Bonchev–Trinajstić information content (AvgIpc) is 2.06. The third kappa shape index (κ3) is 5.92. The van der Waals surface area contributed by atoms with Gasteiger partial charge < -0.3 is 7.59 Å². The maximum absolute atomic E-state index is 11.1. The summed E-state index contributed by atoms with van der Waals surface area (Å²) < 4.78 is 5.29. The SMILES string of the molecule is CCCC(=O)OC1CCCCC1.[Ca+2].[H-].[H-]. The van der Waals surface area contributed by atoms with E-state index >= 15 is 0 Å². The Kier molecular flexibility index (Phi) is 8.53. The summed E-state index contributed by atoms with van der Waals surface area (Å²) in [4.78, 5) is 11.1. The van der Waals surface area contributed by atoms with Gasteiger partial charge in [0.1, 0.15) is 6.10 Å². The van der Waals surface area contributed by atoms with Crippen molar-refractivity contribution in [1.82, 2.24) is 0 Å². The Hall–Kier alpha value is 0.730. The zero-order valence-electron chi connectivity index (χ0n) is 10.6. The van der Waals surface area contributed by atoms with Crippen LogP contribution in [0.3, 0.4) is 0 Å². The minimum atomic E-state index is -0.00981. The molecule has 0 aromatic rings. The van der Waals surface area contributed by atoms with Crippen LogP contribution in [0, 0.1) is 0 Å². The van der Waals surface area contributed by atoms with Crippen molar-refractivity contribution >= 4 is 43.7 Å². The number of hydrogen-bond donors (Lipinski definition) is 0. The summed E-state index contributed by atoms with van der Waals surface area (Å²) in [6, 6.07) is 0. The van der Waals surface area contributed by atoms with Crippen LogP contribution in [0.1, 0.15) is 54.7 Å². The van der Waals surface area contributed by atoms with Gasteiger partial charge >= 0.3 is 43.7 Å². The summed E-state index contributed by atoms with van der Waals surface area (Å²) in [6.07, 6.45) is 7.63. The van der Waals surface area contributed by atoms with Gasteiger partial charge in [-0.1, -0.05) is 13.3 Å². The van der Waals surface area contributed by atoms with Gasteiger partial charge in [-0.25, -0.2) is 0 Å². The van der Waals surface area contributed by atoms with E-state index in [2.05, 4.69) is 0 Å². The Morgan fingerprint density at radius 2 is 2.00 bits per heavy atom. The van der Waals surface area contributed by atoms with Gasteiger partial charge in [-0.3, -0.25) is 4.79 Å². The molecular weight excluding hydrogens is 192 g/mol. The number of ether oxygens (including phenoxy) is 1. The summed E-state index contributed by atoms with van der Waals surface area (Å²) in [6.45, 7) is 2.00. The first-order valence-corrected chi connectivity index (χ1v) is 5.02. The quantitative estimate of drug-likeness (QED) is 0.531. The molecule has 0 atom stereocenters. The van der Waals surface area contributed by atoms with Gasteiger partial charge in [0, 0.05) is 6.42 Å². The van der Waals surface area contributed by atoms with E-state index in [1.165, 1.54) is 19.3 Å². The fraction of sp³-hybridized carbons (Fsp3) is 0.900. The fourth-order valence-electron chi connectivity index (χ4n) is 1.63. The molecule has 0 aromatic carbocycles. The predicted molar refractivity (Wildman–Crippen MR) is 55.9 cm³/mol. The van der Waals surface area contributed by atoms with Crippen LogP contribution in [-0.2, 0) is 9.53 Å². The molecule has 74 valence electrons. The van der Waals surface area contributed by atoms with Gasteiger partial charge in [0.05, 0.1) is 0 Å². The number of hydrogen-bond acceptors (Lipinski definition) is 2. The Bertz CT molecular complexity index is 150. The summed E-state index contributed by atoms with van der Waals surface area (Å²) in [5, 5.41) is 0.